The summed E-state index contributed by atoms with van der Waals surface area (Å²) in [6.07, 6.45) is 4.10. The van der Waals surface area contributed by atoms with E-state index in [1.165, 1.54) is 0 Å². The molecule has 2 amide bonds. The lowest BCUT2D eigenvalue weighted by molar-refractivity contribution is -0.147. The molecule has 0 fully saturated rings. The van der Waals surface area contributed by atoms with Crippen LogP contribution >= 0.6 is 0 Å². The summed E-state index contributed by atoms with van der Waals surface area (Å²) in [6.45, 7) is -0.204. The molecule has 0 spiro atoms. The monoisotopic (exact) mass is 548 g/mol. The second-order valence-corrected chi connectivity index (χ2v) is 9.30. The average molecular weight is 549 g/mol. The van der Waals surface area contributed by atoms with Crippen LogP contribution in [-0.4, -0.2) is 70.3 Å². The number of benzene rings is 1. The molecule has 0 saturated carbocycles. The Balaban J connectivity index is 2.52. The highest BCUT2D eigenvalue weighted by atomic mass is 16.5. The van der Waals surface area contributed by atoms with Crippen LogP contribution in [0.3, 0.4) is 0 Å². The van der Waals surface area contributed by atoms with Crippen LogP contribution in [0.4, 0.5) is 0 Å². The number of esters is 1. The second kappa shape index (κ2) is 20.2. The minimum Gasteiger partial charge on any atom is -0.481 e. The van der Waals surface area contributed by atoms with Gasteiger partial charge in [-0.3, -0.25) is 28.8 Å². The molecule has 1 aromatic carbocycles. The maximum atomic E-state index is 12.8. The molecule has 0 aromatic heterocycles. The van der Waals surface area contributed by atoms with Crippen molar-refractivity contribution in [3.63, 3.8) is 0 Å². The maximum absolute atomic E-state index is 12.8. The molecular weight excluding hydrogens is 508 g/mol. The number of nitrogens with zero attached hydrogens (tertiary/aromatic N) is 1. The number of ketones is 1. The van der Waals surface area contributed by atoms with Gasteiger partial charge < -0.3 is 25.2 Å². The summed E-state index contributed by atoms with van der Waals surface area (Å²) in [6, 6.07) is 9.10. The molecule has 216 valence electrons. The van der Waals surface area contributed by atoms with Crippen LogP contribution in [0.5, 0.6) is 0 Å². The van der Waals surface area contributed by atoms with E-state index in [4.69, 9.17) is 14.9 Å². The van der Waals surface area contributed by atoms with Gasteiger partial charge >= 0.3 is 17.9 Å². The SMILES string of the molecule is O=C(O)CCCCCCC(=O)CN(CC(=O)NCCCCCC(=O)O)C(=O)CCC(=O)OCc1ccccc1. The molecule has 0 heterocycles. The Morgan fingerprint density at radius 3 is 1.90 bits per heavy atom. The number of unbranched alkanes of at least 4 members (excludes halogenated alkanes) is 5. The number of rotatable bonds is 22. The van der Waals surface area contributed by atoms with E-state index in [0.29, 0.717) is 51.5 Å². The normalized spacial score (nSPS) is 10.5. The third-order valence-corrected chi connectivity index (χ3v) is 5.83. The van der Waals surface area contributed by atoms with Gasteiger partial charge in [0.1, 0.15) is 6.61 Å². The molecule has 3 N–H and O–H groups in total. The number of hydrogen-bond acceptors (Lipinski definition) is 7. The number of Topliss-reactive ketones (excluding diaryl/α,β-unsaturated/α-hetero) is 1. The van der Waals surface area contributed by atoms with Crippen molar-refractivity contribution in [1.82, 2.24) is 10.2 Å². The van der Waals surface area contributed by atoms with Crippen molar-refractivity contribution in [2.45, 2.75) is 83.7 Å². The lowest BCUT2D eigenvalue weighted by Crippen LogP contribution is -2.43. The van der Waals surface area contributed by atoms with E-state index < -0.39 is 29.7 Å². The van der Waals surface area contributed by atoms with Gasteiger partial charge in [-0.2, -0.15) is 0 Å². The number of aliphatic carboxylic acids is 2. The van der Waals surface area contributed by atoms with Crippen molar-refractivity contribution in [2.75, 3.05) is 19.6 Å². The molecule has 1 rings (SSSR count). The van der Waals surface area contributed by atoms with Gasteiger partial charge in [0, 0.05) is 32.2 Å². The first kappa shape index (κ1) is 33.3. The molecule has 1 aromatic rings. The van der Waals surface area contributed by atoms with E-state index in [1.807, 2.05) is 30.3 Å². The Morgan fingerprint density at radius 2 is 1.28 bits per heavy atom. The predicted molar refractivity (Wildman–Crippen MR) is 142 cm³/mol. The van der Waals surface area contributed by atoms with Gasteiger partial charge in [-0.15, -0.1) is 0 Å². The Morgan fingerprint density at radius 1 is 0.692 bits per heavy atom. The molecule has 0 aliphatic rings. The zero-order valence-electron chi connectivity index (χ0n) is 22.4. The molecular formula is C28H40N2O9. The van der Waals surface area contributed by atoms with Gasteiger partial charge in [-0.25, -0.2) is 0 Å². The van der Waals surface area contributed by atoms with Crippen molar-refractivity contribution in [1.29, 1.82) is 0 Å². The zero-order chi connectivity index (χ0) is 28.9. The molecule has 0 atom stereocenters. The lowest BCUT2D eigenvalue weighted by Gasteiger charge is -2.21. The van der Waals surface area contributed by atoms with E-state index >= 15 is 0 Å². The summed E-state index contributed by atoms with van der Waals surface area (Å²) in [5, 5.41) is 20.0. The number of carbonyl (C=O) groups is 6. The zero-order valence-corrected chi connectivity index (χ0v) is 22.4. The van der Waals surface area contributed by atoms with Gasteiger partial charge in [0.15, 0.2) is 5.78 Å². The summed E-state index contributed by atoms with van der Waals surface area (Å²) in [5.74, 6) is -3.49. The number of ether oxygens (including phenoxy) is 1. The Bertz CT molecular complexity index is 894. The number of carboxylic acid groups (broad SMARTS) is 2. The van der Waals surface area contributed by atoms with Crippen LogP contribution in [0.25, 0.3) is 0 Å². The van der Waals surface area contributed by atoms with E-state index in [-0.39, 0.29) is 57.6 Å². The van der Waals surface area contributed by atoms with Crippen molar-refractivity contribution >= 4 is 35.5 Å². The maximum Gasteiger partial charge on any atom is 0.306 e. The highest BCUT2D eigenvalue weighted by molar-refractivity contribution is 5.90. The van der Waals surface area contributed by atoms with Gasteiger partial charge in [0.2, 0.25) is 11.8 Å². The Hall–Kier alpha value is -3.76. The topological polar surface area (TPSA) is 167 Å². The summed E-state index contributed by atoms with van der Waals surface area (Å²) < 4.78 is 5.19. The van der Waals surface area contributed by atoms with Crippen molar-refractivity contribution < 1.29 is 43.7 Å². The van der Waals surface area contributed by atoms with Crippen molar-refractivity contribution in [3.8, 4) is 0 Å². The van der Waals surface area contributed by atoms with Crippen molar-refractivity contribution in [2.24, 2.45) is 0 Å². The summed E-state index contributed by atoms with van der Waals surface area (Å²) in [7, 11) is 0. The Labute approximate surface area is 228 Å². The summed E-state index contributed by atoms with van der Waals surface area (Å²) in [4.78, 5) is 72.1. The van der Waals surface area contributed by atoms with Gasteiger partial charge in [0.05, 0.1) is 19.5 Å². The van der Waals surface area contributed by atoms with Gasteiger partial charge in [-0.05, 0) is 31.2 Å². The fourth-order valence-corrected chi connectivity index (χ4v) is 3.69. The van der Waals surface area contributed by atoms with Crippen LogP contribution in [-0.2, 0) is 40.1 Å². The highest BCUT2D eigenvalue weighted by Gasteiger charge is 2.21. The third-order valence-electron chi connectivity index (χ3n) is 5.83. The van der Waals surface area contributed by atoms with E-state index in [2.05, 4.69) is 5.32 Å². The number of nitrogens with one attached hydrogen (secondary N) is 1. The van der Waals surface area contributed by atoms with Crippen LogP contribution in [0.15, 0.2) is 30.3 Å². The van der Waals surface area contributed by atoms with Crippen LogP contribution in [0.1, 0.15) is 82.6 Å². The molecule has 0 radical (unpaired) electrons. The van der Waals surface area contributed by atoms with Gasteiger partial charge in [0.25, 0.3) is 0 Å². The number of carboxylic acids is 2. The minimum absolute atomic E-state index is 0.0612. The predicted octanol–water partition coefficient (Wildman–Crippen LogP) is 3.09. The molecule has 0 bridgehead atoms. The lowest BCUT2D eigenvalue weighted by atomic mass is 10.1. The average Bonchev–Trinajstić information content (AvgIpc) is 2.89. The van der Waals surface area contributed by atoms with Crippen molar-refractivity contribution in [3.05, 3.63) is 35.9 Å². The fourth-order valence-electron chi connectivity index (χ4n) is 3.69. The minimum atomic E-state index is -0.873. The largest absolute Gasteiger partial charge is 0.481 e. The smallest absolute Gasteiger partial charge is 0.306 e. The first-order valence-electron chi connectivity index (χ1n) is 13.4. The van der Waals surface area contributed by atoms with Crippen LogP contribution in [0, 0.1) is 0 Å². The molecule has 0 aliphatic carbocycles. The van der Waals surface area contributed by atoms with Crippen LogP contribution in [0.2, 0.25) is 0 Å². The van der Waals surface area contributed by atoms with E-state index in [1.54, 1.807) is 0 Å². The summed E-state index contributed by atoms with van der Waals surface area (Å²) >= 11 is 0. The highest BCUT2D eigenvalue weighted by Crippen LogP contribution is 2.09. The van der Waals surface area contributed by atoms with Crippen LogP contribution < -0.4 is 5.32 Å². The number of hydrogen-bond donors (Lipinski definition) is 3. The first-order valence-corrected chi connectivity index (χ1v) is 13.4. The molecule has 0 unspecified atom stereocenters. The van der Waals surface area contributed by atoms with Gasteiger partial charge in [-0.1, -0.05) is 49.6 Å². The molecule has 11 nitrogen and oxygen atoms in total. The molecule has 0 saturated heterocycles. The third kappa shape index (κ3) is 18.2. The fraction of sp³-hybridized carbons (Fsp3) is 0.571. The van der Waals surface area contributed by atoms with E-state index in [0.717, 1.165) is 10.5 Å². The molecule has 39 heavy (non-hydrogen) atoms. The Kier molecular flexibility index (Phi) is 17.3. The summed E-state index contributed by atoms with van der Waals surface area (Å²) in [5.41, 5.74) is 0.812. The molecule has 11 heteroatoms. The second-order valence-electron chi connectivity index (χ2n) is 9.30. The standard InChI is InChI=1S/C28H40N2O9/c31-23(13-7-1-2-8-14-26(34)35)19-30(20-24(32)29-18-10-4-9-15-27(36)37)25(33)16-17-28(38)39-21-22-11-5-3-6-12-22/h3,5-6,11-12H,1-2,4,7-10,13-21H2,(H,29,32)(H,34,35)(H,36,37). The number of amides is 2. The molecule has 0 aliphatic heterocycles. The quantitative estimate of drug-likeness (QED) is 0.146. The van der Waals surface area contributed by atoms with E-state index in [9.17, 15) is 28.8 Å². The first-order chi connectivity index (χ1) is 18.7. The number of carbonyl (C=O) groups excluding carboxylic acids is 4.